The molecule has 1 aromatic heterocycles. The van der Waals surface area contributed by atoms with Crippen LogP contribution in [0.5, 0.6) is 0 Å². The predicted octanol–water partition coefficient (Wildman–Crippen LogP) is 4.96. The zero-order valence-corrected chi connectivity index (χ0v) is 24.7. The number of aromatic nitrogens is 2. The van der Waals surface area contributed by atoms with Crippen LogP contribution in [0.1, 0.15) is 43.4 Å². The number of allylic oxidation sites excluding steroid dienone is 2. The van der Waals surface area contributed by atoms with Crippen molar-refractivity contribution in [1.29, 1.82) is 5.41 Å². The number of carbonyl (C=O) groups excluding carboxylic acids is 1. The zero-order valence-electron chi connectivity index (χ0n) is 24.0. The number of hydrogen-bond acceptors (Lipinski definition) is 8. The second kappa shape index (κ2) is 14.4. The van der Waals surface area contributed by atoms with Crippen LogP contribution < -0.4 is 32.8 Å². The van der Waals surface area contributed by atoms with Gasteiger partial charge in [-0.05, 0) is 42.7 Å². The van der Waals surface area contributed by atoms with Gasteiger partial charge in [-0.2, -0.15) is 8.78 Å². The van der Waals surface area contributed by atoms with E-state index in [2.05, 4.69) is 10.3 Å². The van der Waals surface area contributed by atoms with Crippen molar-refractivity contribution in [2.45, 2.75) is 45.2 Å². The predicted molar refractivity (Wildman–Crippen MR) is 164 cm³/mol. The fraction of sp³-hybridized carbons (Fsp3) is 0.267. The van der Waals surface area contributed by atoms with Gasteiger partial charge in [-0.3, -0.25) is 19.2 Å². The number of alkyl halides is 4. The molecule has 45 heavy (non-hydrogen) atoms. The summed E-state index contributed by atoms with van der Waals surface area (Å²) < 4.78 is 54.5. The third-order valence-corrected chi connectivity index (χ3v) is 7.51. The Morgan fingerprint density at radius 2 is 1.93 bits per heavy atom. The number of anilines is 1. The zero-order chi connectivity index (χ0) is 32.8. The number of benzene rings is 2. The molecule has 238 valence electrons. The summed E-state index contributed by atoms with van der Waals surface area (Å²) in [7, 11) is 0. The van der Waals surface area contributed by atoms with Gasteiger partial charge in [0.25, 0.3) is 12.0 Å². The van der Waals surface area contributed by atoms with Gasteiger partial charge in [0, 0.05) is 40.5 Å². The lowest BCUT2D eigenvalue weighted by Crippen LogP contribution is -2.33. The van der Waals surface area contributed by atoms with Gasteiger partial charge in [0.05, 0.1) is 40.8 Å². The molecule has 0 saturated carbocycles. The minimum absolute atomic E-state index is 0.124. The summed E-state index contributed by atoms with van der Waals surface area (Å²) in [6, 6.07) is 11.6. The largest absolute Gasteiger partial charge is 0.396 e. The molecule has 0 aliphatic carbocycles. The average molecular weight is 647 g/mol. The summed E-state index contributed by atoms with van der Waals surface area (Å²) in [6.45, 7) is -1.30. The van der Waals surface area contributed by atoms with Crippen molar-refractivity contribution in [3.63, 3.8) is 0 Å². The van der Waals surface area contributed by atoms with Gasteiger partial charge in [-0.1, -0.05) is 43.1 Å². The molecule has 0 saturated heterocycles. The minimum Gasteiger partial charge on any atom is -0.396 e. The Morgan fingerprint density at radius 3 is 2.60 bits per heavy atom. The van der Waals surface area contributed by atoms with Crippen LogP contribution in [0.2, 0.25) is 5.02 Å². The van der Waals surface area contributed by atoms with Gasteiger partial charge in [0.15, 0.2) is 0 Å². The van der Waals surface area contributed by atoms with Crippen molar-refractivity contribution >= 4 is 35.1 Å². The molecule has 1 aliphatic rings. The number of fused-ring (bicyclic) bond motifs is 2. The van der Waals surface area contributed by atoms with Crippen LogP contribution in [0.15, 0.2) is 77.2 Å². The first-order chi connectivity index (χ1) is 21.4. The van der Waals surface area contributed by atoms with Crippen molar-refractivity contribution in [3.8, 4) is 11.3 Å². The summed E-state index contributed by atoms with van der Waals surface area (Å²) in [6.07, 6.45) is 1.36. The number of nitrogens with zero attached hydrogens (tertiary/aromatic N) is 3. The molecule has 0 fully saturated rings. The first-order valence-electron chi connectivity index (χ1n) is 13.8. The van der Waals surface area contributed by atoms with E-state index in [9.17, 15) is 27.2 Å². The molecule has 2 bridgehead atoms. The molecule has 3 aromatic rings. The maximum atomic E-state index is 13.6. The van der Waals surface area contributed by atoms with E-state index >= 15 is 0 Å². The number of nitrogens with two attached hydrogens (primary N) is 2. The normalized spacial score (nSPS) is 19.5. The van der Waals surface area contributed by atoms with Crippen LogP contribution in [0, 0.1) is 11.3 Å². The SMILES string of the molecule is CC1CCCC(n2cnc(-c3cc(Cl)ccc3N(N)/C=C(\N)C(F)F)cc2=O)c2cccc(c2)/C(NC(F)F)=C(/C=N)NC1=O. The Hall–Kier alpha value is -4.69. The Morgan fingerprint density at radius 1 is 1.18 bits per heavy atom. The molecule has 2 atom stereocenters. The molecule has 10 nitrogen and oxygen atoms in total. The molecule has 4 rings (SSSR count). The number of hydrazine groups is 1. The van der Waals surface area contributed by atoms with Gasteiger partial charge in [0.1, 0.15) is 0 Å². The molecule has 2 heterocycles. The van der Waals surface area contributed by atoms with Gasteiger partial charge in [-0.15, -0.1) is 0 Å². The summed E-state index contributed by atoms with van der Waals surface area (Å²) in [5, 5.41) is 13.6. The van der Waals surface area contributed by atoms with Crippen molar-refractivity contribution in [1.82, 2.24) is 20.2 Å². The number of rotatable bonds is 8. The lowest BCUT2D eigenvalue weighted by atomic mass is 9.94. The molecule has 0 spiro atoms. The average Bonchev–Trinajstić information content (AvgIpc) is 3.00. The number of hydrogen-bond donors (Lipinski definition) is 5. The highest BCUT2D eigenvalue weighted by Crippen LogP contribution is 2.32. The highest BCUT2D eigenvalue weighted by atomic mass is 35.5. The second-order valence-corrected chi connectivity index (χ2v) is 10.8. The van der Waals surface area contributed by atoms with Gasteiger partial charge >= 0.3 is 6.55 Å². The summed E-state index contributed by atoms with van der Waals surface area (Å²) in [4.78, 5) is 30.9. The van der Waals surface area contributed by atoms with E-state index in [-0.39, 0.29) is 38.9 Å². The van der Waals surface area contributed by atoms with E-state index in [0.717, 1.165) is 17.4 Å². The molecule has 0 radical (unpaired) electrons. The lowest BCUT2D eigenvalue weighted by Gasteiger charge is -2.24. The molecular formula is C30H31ClF4N8O2. The monoisotopic (exact) mass is 646 g/mol. The molecule has 1 amide bonds. The molecule has 2 unspecified atom stereocenters. The Labute approximate surface area is 260 Å². The van der Waals surface area contributed by atoms with E-state index in [1.165, 1.54) is 35.2 Å². The van der Waals surface area contributed by atoms with Crippen molar-refractivity contribution < 1.29 is 22.4 Å². The van der Waals surface area contributed by atoms with Crippen LogP contribution in [0.4, 0.5) is 23.2 Å². The third-order valence-electron chi connectivity index (χ3n) is 7.27. The molecule has 7 N–H and O–H groups in total. The molecule has 15 heteroatoms. The summed E-state index contributed by atoms with van der Waals surface area (Å²) in [5.41, 5.74) is 5.35. The van der Waals surface area contributed by atoms with Gasteiger partial charge < -0.3 is 21.8 Å². The Bertz CT molecular complexity index is 1690. The lowest BCUT2D eigenvalue weighted by molar-refractivity contribution is -0.123. The molecule has 2 aromatic carbocycles. The van der Waals surface area contributed by atoms with Crippen LogP contribution in [-0.2, 0) is 4.79 Å². The van der Waals surface area contributed by atoms with Gasteiger partial charge in [-0.25, -0.2) is 19.6 Å². The van der Waals surface area contributed by atoms with Crippen molar-refractivity contribution in [3.05, 3.63) is 99.0 Å². The van der Waals surface area contributed by atoms with E-state index < -0.39 is 42.1 Å². The highest BCUT2D eigenvalue weighted by Gasteiger charge is 2.24. The molecule has 1 aliphatic heterocycles. The second-order valence-electron chi connectivity index (χ2n) is 10.4. The van der Waals surface area contributed by atoms with E-state index in [1.807, 2.05) is 5.32 Å². The fourth-order valence-electron chi connectivity index (χ4n) is 4.99. The Kier molecular flexibility index (Phi) is 10.6. The van der Waals surface area contributed by atoms with E-state index in [0.29, 0.717) is 24.8 Å². The fourth-order valence-corrected chi connectivity index (χ4v) is 5.16. The van der Waals surface area contributed by atoms with Crippen LogP contribution in [0.3, 0.4) is 0 Å². The number of carbonyl (C=O) groups is 1. The summed E-state index contributed by atoms with van der Waals surface area (Å²) >= 11 is 6.20. The van der Waals surface area contributed by atoms with E-state index in [4.69, 9.17) is 28.6 Å². The Balaban J connectivity index is 1.82. The van der Waals surface area contributed by atoms with Crippen LogP contribution >= 0.6 is 11.6 Å². The maximum absolute atomic E-state index is 13.6. The quantitative estimate of drug-likeness (QED) is 0.0761. The maximum Gasteiger partial charge on any atom is 0.313 e. The minimum atomic E-state index is -2.99. The third kappa shape index (κ3) is 7.88. The summed E-state index contributed by atoms with van der Waals surface area (Å²) in [5.74, 6) is 5.05. The smallest absolute Gasteiger partial charge is 0.313 e. The van der Waals surface area contributed by atoms with Crippen molar-refractivity contribution in [2.24, 2.45) is 17.5 Å². The highest BCUT2D eigenvalue weighted by molar-refractivity contribution is 6.31. The first kappa shape index (κ1) is 33.2. The number of nitrogens with one attached hydrogen (secondary N) is 3. The van der Waals surface area contributed by atoms with Gasteiger partial charge in [0.2, 0.25) is 5.91 Å². The van der Waals surface area contributed by atoms with Crippen LogP contribution in [0.25, 0.3) is 17.0 Å². The topological polar surface area (TPSA) is 155 Å². The van der Waals surface area contributed by atoms with E-state index in [1.54, 1.807) is 31.2 Å². The number of halogens is 5. The first-order valence-corrected chi connectivity index (χ1v) is 14.1. The number of amides is 1. The standard InChI is InChI=1S/C30H31ClF4N8O2/c1-16-4-2-7-24(17-5-3-6-18(10-17)27(41-30(34)35)23(13-36)40-29(16)45)42-15-39-22(12-26(42)44)20-11-19(31)8-9-25(20)43(38)14-21(37)28(32)33/h3,5-6,8-16,24,28,30,36,41H,2,4,7,37-38H2,1H3,(H,40,45)/b21-14-,27-23+,36-13?. The van der Waals surface area contributed by atoms with Crippen LogP contribution in [-0.4, -0.2) is 34.6 Å². The molecular weight excluding hydrogens is 616 g/mol. The van der Waals surface area contributed by atoms with Crippen molar-refractivity contribution in [2.75, 3.05) is 5.01 Å².